The average Bonchev–Trinajstić information content (AvgIpc) is 2.39. The normalized spacial score (nSPS) is 10.4. The SMILES string of the molecule is CSc1ccccc1Oc1ccc(CCl)c(C)n1. The van der Waals surface area contributed by atoms with E-state index in [1.54, 1.807) is 11.8 Å². The Morgan fingerprint density at radius 3 is 2.67 bits per heavy atom. The molecule has 0 atom stereocenters. The van der Waals surface area contributed by atoms with E-state index in [1.807, 2.05) is 49.6 Å². The number of aryl methyl sites for hydroxylation is 1. The molecule has 2 rings (SSSR count). The van der Waals surface area contributed by atoms with Crippen LogP contribution in [0, 0.1) is 6.92 Å². The van der Waals surface area contributed by atoms with Gasteiger partial charge in [0.1, 0.15) is 5.75 Å². The van der Waals surface area contributed by atoms with Gasteiger partial charge in [-0.15, -0.1) is 23.4 Å². The summed E-state index contributed by atoms with van der Waals surface area (Å²) in [7, 11) is 0. The molecule has 0 bridgehead atoms. The maximum atomic E-state index is 5.81. The van der Waals surface area contributed by atoms with Crippen LogP contribution >= 0.6 is 23.4 Å². The number of ether oxygens (including phenoxy) is 1. The van der Waals surface area contributed by atoms with Crippen LogP contribution in [0.4, 0.5) is 0 Å². The monoisotopic (exact) mass is 279 g/mol. The summed E-state index contributed by atoms with van der Waals surface area (Å²) in [5.74, 6) is 1.90. The molecule has 2 aromatic rings. The van der Waals surface area contributed by atoms with E-state index in [0.717, 1.165) is 21.9 Å². The maximum Gasteiger partial charge on any atom is 0.219 e. The van der Waals surface area contributed by atoms with Crippen molar-refractivity contribution in [2.75, 3.05) is 6.26 Å². The van der Waals surface area contributed by atoms with Crippen molar-refractivity contribution >= 4 is 23.4 Å². The Hall–Kier alpha value is -1.19. The summed E-state index contributed by atoms with van der Waals surface area (Å²) in [4.78, 5) is 5.49. The molecule has 0 aliphatic carbocycles. The second kappa shape index (κ2) is 6.12. The fourth-order valence-corrected chi connectivity index (χ4v) is 2.39. The third kappa shape index (κ3) is 2.98. The predicted octanol–water partition coefficient (Wildman–Crippen LogP) is 4.64. The molecule has 0 unspecified atom stereocenters. The second-order valence-electron chi connectivity index (χ2n) is 3.78. The highest BCUT2D eigenvalue weighted by Crippen LogP contribution is 2.30. The van der Waals surface area contributed by atoms with Gasteiger partial charge in [-0.05, 0) is 30.9 Å². The molecule has 0 fully saturated rings. The van der Waals surface area contributed by atoms with Gasteiger partial charge >= 0.3 is 0 Å². The van der Waals surface area contributed by atoms with Gasteiger partial charge in [0.2, 0.25) is 5.88 Å². The van der Waals surface area contributed by atoms with E-state index in [2.05, 4.69) is 4.98 Å². The van der Waals surface area contributed by atoms with Crippen molar-refractivity contribution in [1.82, 2.24) is 4.98 Å². The predicted molar refractivity (Wildman–Crippen MR) is 76.8 cm³/mol. The first-order valence-electron chi connectivity index (χ1n) is 5.58. The Labute approximate surface area is 116 Å². The molecule has 0 saturated carbocycles. The maximum absolute atomic E-state index is 5.81. The highest BCUT2D eigenvalue weighted by atomic mass is 35.5. The Balaban J connectivity index is 2.26. The number of thioether (sulfide) groups is 1. The minimum absolute atomic E-state index is 0.473. The Kier molecular flexibility index (Phi) is 4.50. The first kappa shape index (κ1) is 13.2. The number of para-hydroxylation sites is 1. The lowest BCUT2D eigenvalue weighted by molar-refractivity contribution is 0.451. The van der Waals surface area contributed by atoms with Crippen LogP contribution in [0.3, 0.4) is 0 Å². The van der Waals surface area contributed by atoms with Gasteiger partial charge in [0.15, 0.2) is 0 Å². The summed E-state index contributed by atoms with van der Waals surface area (Å²) in [6, 6.07) is 11.7. The lowest BCUT2D eigenvalue weighted by Gasteiger charge is -2.10. The Morgan fingerprint density at radius 1 is 1.22 bits per heavy atom. The number of rotatable bonds is 4. The van der Waals surface area contributed by atoms with Crippen molar-refractivity contribution in [3.8, 4) is 11.6 Å². The van der Waals surface area contributed by atoms with Crippen LogP contribution in [0.1, 0.15) is 11.3 Å². The summed E-state index contributed by atoms with van der Waals surface area (Å²) < 4.78 is 5.81. The van der Waals surface area contributed by atoms with E-state index in [9.17, 15) is 0 Å². The van der Waals surface area contributed by atoms with Gasteiger partial charge in [-0.2, -0.15) is 0 Å². The zero-order chi connectivity index (χ0) is 13.0. The van der Waals surface area contributed by atoms with Crippen molar-refractivity contribution in [1.29, 1.82) is 0 Å². The summed E-state index contributed by atoms with van der Waals surface area (Å²) in [5.41, 5.74) is 1.94. The molecule has 0 amide bonds. The molecule has 4 heteroatoms. The van der Waals surface area contributed by atoms with Crippen LogP contribution < -0.4 is 4.74 Å². The van der Waals surface area contributed by atoms with E-state index in [4.69, 9.17) is 16.3 Å². The summed E-state index contributed by atoms with van der Waals surface area (Å²) in [5, 5.41) is 0. The van der Waals surface area contributed by atoms with Crippen molar-refractivity contribution in [3.05, 3.63) is 47.7 Å². The Bertz CT molecular complexity index is 545. The summed E-state index contributed by atoms with van der Waals surface area (Å²) in [6.45, 7) is 1.94. The highest BCUT2D eigenvalue weighted by molar-refractivity contribution is 7.98. The quantitative estimate of drug-likeness (QED) is 0.601. The minimum Gasteiger partial charge on any atom is -0.438 e. The van der Waals surface area contributed by atoms with Crippen LogP contribution in [-0.2, 0) is 5.88 Å². The average molecular weight is 280 g/mol. The molecular weight excluding hydrogens is 266 g/mol. The van der Waals surface area contributed by atoms with E-state index in [0.29, 0.717) is 11.8 Å². The smallest absolute Gasteiger partial charge is 0.219 e. The third-order valence-corrected chi connectivity index (χ3v) is 3.66. The van der Waals surface area contributed by atoms with Crippen molar-refractivity contribution in [2.24, 2.45) is 0 Å². The van der Waals surface area contributed by atoms with Gasteiger partial charge in [0.25, 0.3) is 0 Å². The molecule has 0 saturated heterocycles. The van der Waals surface area contributed by atoms with Crippen LogP contribution in [-0.4, -0.2) is 11.2 Å². The van der Waals surface area contributed by atoms with Crippen LogP contribution in [0.5, 0.6) is 11.6 Å². The van der Waals surface area contributed by atoms with E-state index in [1.165, 1.54) is 0 Å². The van der Waals surface area contributed by atoms with E-state index in [-0.39, 0.29) is 0 Å². The van der Waals surface area contributed by atoms with Gasteiger partial charge in [-0.1, -0.05) is 18.2 Å². The fraction of sp³-hybridized carbons (Fsp3) is 0.214. The van der Waals surface area contributed by atoms with Gasteiger partial charge in [0.05, 0.1) is 0 Å². The molecule has 0 aliphatic rings. The lowest BCUT2D eigenvalue weighted by atomic mass is 10.2. The van der Waals surface area contributed by atoms with Crippen molar-refractivity contribution in [3.63, 3.8) is 0 Å². The number of aromatic nitrogens is 1. The standard InChI is InChI=1S/C14H14ClNOS/c1-10-11(9-15)7-8-14(16-10)17-12-5-3-4-6-13(12)18-2/h3-8H,9H2,1-2H3. The molecule has 1 heterocycles. The molecule has 1 aromatic heterocycles. The topological polar surface area (TPSA) is 22.1 Å². The van der Waals surface area contributed by atoms with Crippen molar-refractivity contribution < 1.29 is 4.74 Å². The van der Waals surface area contributed by atoms with Crippen LogP contribution in [0.2, 0.25) is 0 Å². The number of alkyl halides is 1. The number of hydrogen-bond donors (Lipinski definition) is 0. The molecule has 1 aromatic carbocycles. The summed E-state index contributed by atoms with van der Waals surface area (Å²) >= 11 is 7.46. The molecule has 2 nitrogen and oxygen atoms in total. The summed E-state index contributed by atoms with van der Waals surface area (Å²) in [6.07, 6.45) is 2.03. The van der Waals surface area contributed by atoms with Gasteiger partial charge in [-0.25, -0.2) is 4.98 Å². The number of nitrogens with zero attached hydrogens (tertiary/aromatic N) is 1. The van der Waals surface area contributed by atoms with E-state index < -0.39 is 0 Å². The zero-order valence-electron chi connectivity index (χ0n) is 10.3. The number of pyridine rings is 1. The lowest BCUT2D eigenvalue weighted by Crippen LogP contribution is -1.94. The van der Waals surface area contributed by atoms with Crippen molar-refractivity contribution in [2.45, 2.75) is 17.7 Å². The molecule has 0 radical (unpaired) electrons. The minimum atomic E-state index is 0.473. The highest BCUT2D eigenvalue weighted by Gasteiger charge is 2.06. The van der Waals surface area contributed by atoms with Gasteiger partial charge in [0, 0.05) is 22.5 Å². The van der Waals surface area contributed by atoms with E-state index >= 15 is 0 Å². The second-order valence-corrected chi connectivity index (χ2v) is 4.90. The fourth-order valence-electron chi connectivity index (χ4n) is 1.58. The molecule has 0 aliphatic heterocycles. The third-order valence-electron chi connectivity index (χ3n) is 2.60. The number of hydrogen-bond acceptors (Lipinski definition) is 3. The van der Waals surface area contributed by atoms with Gasteiger partial charge < -0.3 is 4.74 Å². The molecular formula is C14H14ClNOS. The zero-order valence-corrected chi connectivity index (χ0v) is 11.9. The Morgan fingerprint density at radius 2 is 2.00 bits per heavy atom. The molecule has 18 heavy (non-hydrogen) atoms. The number of benzene rings is 1. The molecule has 0 spiro atoms. The first-order chi connectivity index (χ1) is 8.74. The molecule has 0 N–H and O–H groups in total. The largest absolute Gasteiger partial charge is 0.438 e. The first-order valence-corrected chi connectivity index (χ1v) is 7.34. The molecule has 94 valence electrons. The number of halogens is 1. The van der Waals surface area contributed by atoms with Gasteiger partial charge in [-0.3, -0.25) is 0 Å². The van der Waals surface area contributed by atoms with Crippen LogP contribution in [0.15, 0.2) is 41.3 Å². The van der Waals surface area contributed by atoms with Crippen LogP contribution in [0.25, 0.3) is 0 Å².